The van der Waals surface area contributed by atoms with E-state index in [2.05, 4.69) is 58.2 Å². The third-order valence-corrected chi connectivity index (χ3v) is 8.19. The first-order chi connectivity index (χ1) is 22.9. The summed E-state index contributed by atoms with van der Waals surface area (Å²) in [5, 5.41) is 6.35. The highest BCUT2D eigenvalue weighted by Gasteiger charge is 2.33. The van der Waals surface area contributed by atoms with E-state index in [9.17, 15) is 22.8 Å². The van der Waals surface area contributed by atoms with Gasteiger partial charge in [-0.25, -0.2) is 5.43 Å². The lowest BCUT2D eigenvalue weighted by Crippen LogP contribution is -2.32. The monoisotopic (exact) mass is 686 g/mol. The highest BCUT2D eigenvalue weighted by Crippen LogP contribution is 2.35. The van der Waals surface area contributed by atoms with E-state index in [-0.39, 0.29) is 22.7 Å². The average molecular weight is 687 g/mol. The molecule has 0 fully saturated rings. The molecule has 2 amide bonds. The van der Waals surface area contributed by atoms with Gasteiger partial charge in [0.05, 0.1) is 28.1 Å². The van der Waals surface area contributed by atoms with E-state index in [1.165, 1.54) is 6.07 Å². The lowest BCUT2D eigenvalue weighted by atomic mass is 10.1. The molecule has 0 aromatic heterocycles. The molecule has 2 N–H and O–H groups in total. The molecule has 0 spiro atoms. The van der Waals surface area contributed by atoms with Gasteiger partial charge in [0.2, 0.25) is 0 Å². The lowest BCUT2D eigenvalue weighted by molar-refractivity contribution is -0.137. The molecule has 0 aliphatic rings. The second-order valence-electron chi connectivity index (χ2n) is 11.6. The highest BCUT2D eigenvalue weighted by atomic mass is 35.5. The molecule has 8 nitrogen and oxygen atoms in total. The largest absolute Gasteiger partial charge is 0.417 e. The van der Waals surface area contributed by atoms with Gasteiger partial charge in [0.1, 0.15) is 0 Å². The Balaban J connectivity index is 1.84. The smallest absolute Gasteiger partial charge is 0.372 e. The molecule has 3 aromatic carbocycles. The fourth-order valence-corrected chi connectivity index (χ4v) is 5.47. The van der Waals surface area contributed by atoms with Crippen LogP contribution in [0.2, 0.25) is 5.02 Å². The van der Waals surface area contributed by atoms with Gasteiger partial charge in [-0.15, -0.1) is 0 Å². The number of rotatable bonds is 17. The van der Waals surface area contributed by atoms with Gasteiger partial charge in [0.25, 0.3) is 11.8 Å². The Morgan fingerprint density at radius 2 is 1.58 bits per heavy atom. The molecular weight excluding hydrogens is 641 g/mol. The standard InChI is InChI=1S/C36H46ClF3N6O2/c1-6-17-46(18-7-2)29-14-16-33(30(23-29)35(48)43-41-24-26-13-15-32(37)31(22-26)36(38,39)40)42-34(47)28-12-10-11-27(21-28)25-44(5)19-20-45(8-3)9-4/h10-16,21-24H,6-9,17-20,25H2,1-5H3,(H,42,47)(H,43,48)/b41-24+. The van der Waals surface area contributed by atoms with Crippen LogP contribution in [0.4, 0.5) is 24.5 Å². The summed E-state index contributed by atoms with van der Waals surface area (Å²) in [5.41, 5.74) is 4.17. The van der Waals surface area contributed by atoms with Crippen molar-refractivity contribution >= 4 is 41.0 Å². The van der Waals surface area contributed by atoms with E-state index >= 15 is 0 Å². The van der Waals surface area contributed by atoms with Crippen molar-refractivity contribution in [1.82, 2.24) is 15.2 Å². The third-order valence-electron chi connectivity index (χ3n) is 7.86. The number of benzene rings is 3. The fraction of sp³-hybridized carbons (Fsp3) is 0.417. The zero-order valence-electron chi connectivity index (χ0n) is 28.3. The van der Waals surface area contributed by atoms with Crippen LogP contribution < -0.4 is 15.6 Å². The first-order valence-electron chi connectivity index (χ1n) is 16.3. The van der Waals surface area contributed by atoms with Crippen molar-refractivity contribution in [2.24, 2.45) is 5.10 Å². The summed E-state index contributed by atoms with van der Waals surface area (Å²) in [6.45, 7) is 14.5. The molecule has 48 heavy (non-hydrogen) atoms. The molecular formula is C36H46ClF3N6O2. The van der Waals surface area contributed by atoms with Gasteiger partial charge in [-0.3, -0.25) is 9.59 Å². The topological polar surface area (TPSA) is 80.3 Å². The summed E-state index contributed by atoms with van der Waals surface area (Å²) < 4.78 is 39.9. The first-order valence-corrected chi connectivity index (χ1v) is 16.7. The average Bonchev–Trinajstić information content (AvgIpc) is 3.05. The number of amides is 2. The number of hydrogen-bond acceptors (Lipinski definition) is 6. The van der Waals surface area contributed by atoms with Gasteiger partial charge < -0.3 is 20.0 Å². The highest BCUT2D eigenvalue weighted by molar-refractivity contribution is 6.31. The van der Waals surface area contributed by atoms with Crippen molar-refractivity contribution in [3.63, 3.8) is 0 Å². The summed E-state index contributed by atoms with van der Waals surface area (Å²) in [7, 11) is 2.05. The van der Waals surface area contributed by atoms with Crippen LogP contribution in [0, 0.1) is 0 Å². The molecule has 0 bridgehead atoms. The second kappa shape index (κ2) is 18.6. The number of carbonyl (C=O) groups excluding carboxylic acids is 2. The van der Waals surface area contributed by atoms with Crippen LogP contribution in [-0.2, 0) is 12.7 Å². The predicted molar refractivity (Wildman–Crippen MR) is 189 cm³/mol. The minimum Gasteiger partial charge on any atom is -0.372 e. The molecule has 12 heteroatoms. The van der Waals surface area contributed by atoms with E-state index < -0.39 is 22.7 Å². The maximum atomic E-state index is 13.5. The first kappa shape index (κ1) is 38.5. The van der Waals surface area contributed by atoms with Crippen molar-refractivity contribution < 1.29 is 22.8 Å². The van der Waals surface area contributed by atoms with Crippen molar-refractivity contribution in [2.45, 2.75) is 53.3 Å². The summed E-state index contributed by atoms with van der Waals surface area (Å²) >= 11 is 5.72. The number of nitrogens with zero attached hydrogens (tertiary/aromatic N) is 4. The number of hydrogen-bond donors (Lipinski definition) is 2. The Morgan fingerprint density at radius 1 is 0.875 bits per heavy atom. The Hall–Kier alpha value is -3.93. The van der Waals surface area contributed by atoms with E-state index in [0.29, 0.717) is 12.1 Å². The Bertz CT molecular complexity index is 1540. The quantitative estimate of drug-likeness (QED) is 0.112. The van der Waals surface area contributed by atoms with Crippen molar-refractivity contribution in [3.8, 4) is 0 Å². The number of halogens is 4. The van der Waals surface area contributed by atoms with Crippen LogP contribution >= 0.6 is 11.6 Å². The van der Waals surface area contributed by atoms with Gasteiger partial charge in [-0.1, -0.05) is 57.5 Å². The molecule has 0 unspecified atom stereocenters. The Kier molecular flexibility index (Phi) is 14.9. The lowest BCUT2D eigenvalue weighted by Gasteiger charge is -2.25. The molecule has 0 aliphatic carbocycles. The van der Waals surface area contributed by atoms with Gasteiger partial charge in [0, 0.05) is 44.0 Å². The molecule has 260 valence electrons. The van der Waals surface area contributed by atoms with Gasteiger partial charge in [0.15, 0.2) is 0 Å². The van der Waals surface area contributed by atoms with E-state index in [1.54, 1.807) is 18.2 Å². The Labute approximate surface area is 286 Å². The second-order valence-corrected chi connectivity index (χ2v) is 12.0. The number of likely N-dealkylation sites (N-methyl/N-ethyl adjacent to an activating group) is 2. The molecule has 0 heterocycles. The predicted octanol–water partition coefficient (Wildman–Crippen LogP) is 7.78. The van der Waals surface area contributed by atoms with Gasteiger partial charge in [-0.05, 0) is 86.6 Å². The maximum Gasteiger partial charge on any atom is 0.417 e. The van der Waals surface area contributed by atoms with E-state index in [4.69, 9.17) is 11.6 Å². The molecule has 0 atom stereocenters. The van der Waals surface area contributed by atoms with Crippen molar-refractivity contribution in [3.05, 3.63) is 93.5 Å². The molecule has 0 aliphatic heterocycles. The Morgan fingerprint density at radius 3 is 2.23 bits per heavy atom. The number of anilines is 2. The zero-order chi connectivity index (χ0) is 35.3. The van der Waals surface area contributed by atoms with E-state index in [1.807, 2.05) is 31.3 Å². The molecule has 3 rings (SSSR count). The maximum absolute atomic E-state index is 13.5. The third kappa shape index (κ3) is 11.4. The fourth-order valence-electron chi connectivity index (χ4n) is 5.25. The van der Waals surface area contributed by atoms with Crippen LogP contribution in [-0.4, -0.2) is 74.1 Å². The van der Waals surface area contributed by atoms with Gasteiger partial charge >= 0.3 is 6.18 Å². The number of hydrazone groups is 1. The summed E-state index contributed by atoms with van der Waals surface area (Å²) in [5.74, 6) is -1.02. The normalized spacial score (nSPS) is 11.8. The molecule has 0 radical (unpaired) electrons. The molecule has 0 saturated heterocycles. The van der Waals surface area contributed by atoms with E-state index in [0.717, 1.165) is 81.7 Å². The minimum atomic E-state index is -4.64. The number of alkyl halides is 3. The summed E-state index contributed by atoms with van der Waals surface area (Å²) in [4.78, 5) is 33.7. The van der Waals surface area contributed by atoms with Crippen LogP contribution in [0.25, 0.3) is 0 Å². The zero-order valence-corrected chi connectivity index (χ0v) is 29.1. The SMILES string of the molecule is CCCN(CCC)c1ccc(NC(=O)c2cccc(CN(C)CCN(CC)CC)c2)c(C(=O)N/N=C/c2ccc(Cl)c(C(F)(F)F)c2)c1. The number of nitrogens with one attached hydrogen (secondary N) is 2. The molecule has 0 saturated carbocycles. The molecule has 3 aromatic rings. The minimum absolute atomic E-state index is 0.102. The van der Waals surface area contributed by atoms with Crippen molar-refractivity contribution in [1.29, 1.82) is 0 Å². The van der Waals surface area contributed by atoms with Crippen LogP contribution in [0.1, 0.15) is 77.9 Å². The van der Waals surface area contributed by atoms with Crippen LogP contribution in [0.15, 0.2) is 65.8 Å². The van der Waals surface area contributed by atoms with Crippen LogP contribution in [0.5, 0.6) is 0 Å². The number of carbonyl (C=O) groups is 2. The summed E-state index contributed by atoms with van der Waals surface area (Å²) in [6, 6.07) is 16.0. The van der Waals surface area contributed by atoms with Crippen molar-refractivity contribution in [2.75, 3.05) is 56.5 Å². The summed E-state index contributed by atoms with van der Waals surface area (Å²) in [6.07, 6.45) is -1.74. The van der Waals surface area contributed by atoms with Gasteiger partial charge in [-0.2, -0.15) is 18.3 Å². The van der Waals surface area contributed by atoms with Crippen LogP contribution in [0.3, 0.4) is 0 Å².